The smallest absolute Gasteiger partial charge is 0.0429 e. The largest absolute Gasteiger partial charge is 0.381 e. The Balaban J connectivity index is 1.70. The van der Waals surface area contributed by atoms with Crippen LogP contribution in [-0.4, -0.2) is 30.1 Å². The Kier molecular flexibility index (Phi) is 3.29. The summed E-state index contributed by atoms with van der Waals surface area (Å²) in [5.41, 5.74) is 4.07. The second-order valence-corrected chi connectivity index (χ2v) is 5.94. The van der Waals surface area contributed by atoms with E-state index < -0.39 is 0 Å². The molecule has 2 heteroatoms. The molecular formula is C16H24N2. The van der Waals surface area contributed by atoms with Gasteiger partial charge >= 0.3 is 0 Å². The van der Waals surface area contributed by atoms with Crippen molar-refractivity contribution in [3.05, 3.63) is 29.3 Å². The molecule has 2 atom stereocenters. The van der Waals surface area contributed by atoms with E-state index in [0.717, 1.165) is 6.04 Å². The van der Waals surface area contributed by atoms with Crippen LogP contribution in [0.4, 0.5) is 5.69 Å². The van der Waals surface area contributed by atoms with Crippen molar-refractivity contribution in [1.82, 2.24) is 4.90 Å². The lowest BCUT2D eigenvalue weighted by atomic mass is 9.98. The second kappa shape index (κ2) is 4.93. The van der Waals surface area contributed by atoms with E-state index >= 15 is 0 Å². The maximum Gasteiger partial charge on any atom is 0.0429 e. The van der Waals surface area contributed by atoms with Crippen LogP contribution in [0.3, 0.4) is 0 Å². The van der Waals surface area contributed by atoms with E-state index in [2.05, 4.69) is 42.3 Å². The highest BCUT2D eigenvalue weighted by Gasteiger charge is 2.35. The summed E-state index contributed by atoms with van der Waals surface area (Å²) in [7, 11) is 0. The predicted molar refractivity (Wildman–Crippen MR) is 77.2 cm³/mol. The van der Waals surface area contributed by atoms with Crippen molar-refractivity contribution < 1.29 is 0 Å². The number of piperidine rings is 1. The summed E-state index contributed by atoms with van der Waals surface area (Å²) in [5.74, 6) is 0. The molecule has 2 heterocycles. The molecule has 2 saturated heterocycles. The lowest BCUT2D eigenvalue weighted by Gasteiger charge is -2.33. The van der Waals surface area contributed by atoms with Crippen molar-refractivity contribution in [2.75, 3.05) is 18.4 Å². The van der Waals surface area contributed by atoms with Crippen molar-refractivity contribution in [3.8, 4) is 0 Å². The van der Waals surface area contributed by atoms with Crippen LogP contribution in [0.1, 0.15) is 36.8 Å². The standard InChI is InChI=1S/C16H24N2/c1-12-6-7-14(11-13(12)2)17-15-8-10-18-9-4-3-5-16(15)18/h6-7,11,15-17H,3-5,8-10H2,1-2H3. The van der Waals surface area contributed by atoms with E-state index in [1.165, 1.54) is 55.6 Å². The quantitative estimate of drug-likeness (QED) is 0.858. The molecule has 18 heavy (non-hydrogen) atoms. The van der Waals surface area contributed by atoms with Gasteiger partial charge in [0.2, 0.25) is 0 Å². The molecule has 0 spiro atoms. The average molecular weight is 244 g/mol. The minimum absolute atomic E-state index is 0.660. The van der Waals surface area contributed by atoms with Crippen LogP contribution >= 0.6 is 0 Å². The molecule has 1 aromatic carbocycles. The minimum Gasteiger partial charge on any atom is -0.381 e. The number of rotatable bonds is 2. The topological polar surface area (TPSA) is 15.3 Å². The van der Waals surface area contributed by atoms with Crippen LogP contribution in [-0.2, 0) is 0 Å². The van der Waals surface area contributed by atoms with Gasteiger partial charge in [0.1, 0.15) is 0 Å². The van der Waals surface area contributed by atoms with E-state index in [0.29, 0.717) is 6.04 Å². The maximum atomic E-state index is 3.77. The molecule has 0 aromatic heterocycles. The molecule has 3 rings (SSSR count). The third kappa shape index (κ3) is 2.26. The Bertz CT molecular complexity index is 427. The first-order chi connectivity index (χ1) is 8.74. The maximum absolute atomic E-state index is 3.77. The van der Waals surface area contributed by atoms with Crippen LogP contribution in [0.5, 0.6) is 0 Å². The molecule has 0 amide bonds. The Hall–Kier alpha value is -1.02. The number of fused-ring (bicyclic) bond motifs is 1. The number of anilines is 1. The molecule has 2 fully saturated rings. The van der Waals surface area contributed by atoms with Crippen LogP contribution < -0.4 is 5.32 Å². The van der Waals surface area contributed by atoms with Crippen LogP contribution in [0.25, 0.3) is 0 Å². The second-order valence-electron chi connectivity index (χ2n) is 5.94. The van der Waals surface area contributed by atoms with Crippen molar-refractivity contribution >= 4 is 5.69 Å². The number of aryl methyl sites for hydroxylation is 2. The first kappa shape index (κ1) is 12.0. The van der Waals surface area contributed by atoms with Crippen LogP contribution in [0.15, 0.2) is 18.2 Å². The fourth-order valence-electron chi connectivity index (χ4n) is 3.46. The highest BCUT2D eigenvalue weighted by Crippen LogP contribution is 2.29. The molecular weight excluding hydrogens is 220 g/mol. The third-order valence-corrected chi connectivity index (χ3v) is 4.71. The van der Waals surface area contributed by atoms with Crippen molar-refractivity contribution in [3.63, 3.8) is 0 Å². The average Bonchev–Trinajstić information content (AvgIpc) is 2.78. The van der Waals surface area contributed by atoms with E-state index in [1.807, 2.05) is 0 Å². The monoisotopic (exact) mass is 244 g/mol. The van der Waals surface area contributed by atoms with Gasteiger partial charge in [0, 0.05) is 24.3 Å². The number of hydrogen-bond acceptors (Lipinski definition) is 2. The highest BCUT2D eigenvalue weighted by molar-refractivity contribution is 5.49. The number of benzene rings is 1. The predicted octanol–water partition coefficient (Wildman–Crippen LogP) is 3.34. The van der Waals surface area contributed by atoms with Gasteiger partial charge in [-0.05, 0) is 62.9 Å². The SMILES string of the molecule is Cc1ccc(NC2CCN3CCCCC23)cc1C. The number of nitrogens with zero attached hydrogens (tertiary/aromatic N) is 1. The minimum atomic E-state index is 0.660. The summed E-state index contributed by atoms with van der Waals surface area (Å²) < 4.78 is 0. The molecule has 2 aliphatic heterocycles. The summed E-state index contributed by atoms with van der Waals surface area (Å²) in [4.78, 5) is 2.68. The molecule has 2 nitrogen and oxygen atoms in total. The van der Waals surface area contributed by atoms with Crippen molar-refractivity contribution in [1.29, 1.82) is 0 Å². The van der Waals surface area contributed by atoms with E-state index in [4.69, 9.17) is 0 Å². The Labute approximate surface area is 110 Å². The van der Waals surface area contributed by atoms with Gasteiger partial charge in [-0.1, -0.05) is 12.5 Å². The Morgan fingerprint density at radius 1 is 1.06 bits per heavy atom. The lowest BCUT2D eigenvalue weighted by Crippen LogP contribution is -2.41. The van der Waals surface area contributed by atoms with E-state index in [-0.39, 0.29) is 0 Å². The molecule has 0 radical (unpaired) electrons. The molecule has 2 aliphatic rings. The first-order valence-electron chi connectivity index (χ1n) is 7.32. The van der Waals surface area contributed by atoms with Crippen LogP contribution in [0.2, 0.25) is 0 Å². The summed E-state index contributed by atoms with van der Waals surface area (Å²) in [5, 5.41) is 3.77. The normalized spacial score (nSPS) is 28.1. The van der Waals surface area contributed by atoms with Crippen molar-refractivity contribution in [2.24, 2.45) is 0 Å². The summed E-state index contributed by atoms with van der Waals surface area (Å²) in [6.07, 6.45) is 5.49. The van der Waals surface area contributed by atoms with Crippen molar-refractivity contribution in [2.45, 2.75) is 51.6 Å². The first-order valence-corrected chi connectivity index (χ1v) is 7.32. The summed E-state index contributed by atoms with van der Waals surface area (Å²) in [6.45, 7) is 6.97. The Morgan fingerprint density at radius 3 is 2.78 bits per heavy atom. The fourth-order valence-corrected chi connectivity index (χ4v) is 3.46. The van der Waals surface area contributed by atoms with Crippen LogP contribution in [0, 0.1) is 13.8 Å². The van der Waals surface area contributed by atoms with Gasteiger partial charge in [0.05, 0.1) is 0 Å². The third-order valence-electron chi connectivity index (χ3n) is 4.71. The number of hydrogen-bond donors (Lipinski definition) is 1. The highest BCUT2D eigenvalue weighted by atomic mass is 15.2. The Morgan fingerprint density at radius 2 is 1.94 bits per heavy atom. The zero-order valence-electron chi connectivity index (χ0n) is 11.6. The zero-order chi connectivity index (χ0) is 12.5. The molecule has 98 valence electrons. The molecule has 0 aliphatic carbocycles. The van der Waals surface area contributed by atoms with Gasteiger partial charge in [0.25, 0.3) is 0 Å². The number of nitrogens with one attached hydrogen (secondary N) is 1. The molecule has 2 unspecified atom stereocenters. The zero-order valence-corrected chi connectivity index (χ0v) is 11.6. The lowest BCUT2D eigenvalue weighted by molar-refractivity contribution is 0.193. The molecule has 0 bridgehead atoms. The van der Waals surface area contributed by atoms with Gasteiger partial charge in [-0.15, -0.1) is 0 Å². The fraction of sp³-hybridized carbons (Fsp3) is 0.625. The summed E-state index contributed by atoms with van der Waals surface area (Å²) >= 11 is 0. The van der Waals surface area contributed by atoms with Gasteiger partial charge in [-0.25, -0.2) is 0 Å². The molecule has 1 N–H and O–H groups in total. The van der Waals surface area contributed by atoms with Gasteiger partial charge in [-0.2, -0.15) is 0 Å². The van der Waals surface area contributed by atoms with E-state index in [1.54, 1.807) is 0 Å². The van der Waals surface area contributed by atoms with Gasteiger partial charge < -0.3 is 5.32 Å². The van der Waals surface area contributed by atoms with Gasteiger partial charge in [-0.3, -0.25) is 4.90 Å². The summed E-state index contributed by atoms with van der Waals surface area (Å²) in [6, 6.07) is 8.19. The van der Waals surface area contributed by atoms with Gasteiger partial charge in [0.15, 0.2) is 0 Å². The molecule has 0 saturated carbocycles. The molecule has 1 aromatic rings. The van der Waals surface area contributed by atoms with E-state index in [9.17, 15) is 0 Å².